The predicted molar refractivity (Wildman–Crippen MR) is 73.5 cm³/mol. The maximum atomic E-state index is 13.5. The van der Waals surface area contributed by atoms with Gasteiger partial charge in [-0.15, -0.1) is 0 Å². The van der Waals surface area contributed by atoms with Crippen molar-refractivity contribution in [3.8, 4) is 0 Å². The summed E-state index contributed by atoms with van der Waals surface area (Å²) in [6, 6.07) is 7.70. The summed E-state index contributed by atoms with van der Waals surface area (Å²) in [4.78, 5) is 0. The van der Waals surface area contributed by atoms with Crippen LogP contribution in [0.2, 0.25) is 10.0 Å². The molecule has 0 heterocycles. The molecule has 0 spiro atoms. The van der Waals surface area contributed by atoms with Gasteiger partial charge >= 0.3 is 0 Å². The zero-order valence-electron chi connectivity index (χ0n) is 9.84. The van der Waals surface area contributed by atoms with E-state index in [4.69, 9.17) is 28.9 Å². The van der Waals surface area contributed by atoms with Gasteiger partial charge in [-0.1, -0.05) is 23.2 Å². The van der Waals surface area contributed by atoms with Gasteiger partial charge in [0.25, 0.3) is 0 Å². The quantitative estimate of drug-likeness (QED) is 0.886. The lowest BCUT2D eigenvalue weighted by molar-refractivity contribution is 0.572. The molecule has 2 N–H and O–H groups in total. The molecule has 0 bridgehead atoms. The lowest BCUT2D eigenvalue weighted by atomic mass is 9.99. The number of nitrogens with two attached hydrogens (primary N) is 1. The maximum absolute atomic E-state index is 13.5. The standard InChI is InChI=1S/C14H11Cl2F2N/c15-10-3-9(4-11(16)7-10)14(19)6-8-5-12(17)1-2-13(8)18/h1-5,7,14H,6,19H2. The summed E-state index contributed by atoms with van der Waals surface area (Å²) in [7, 11) is 0. The molecule has 0 aromatic heterocycles. The van der Waals surface area contributed by atoms with Crippen molar-refractivity contribution in [2.75, 3.05) is 0 Å². The van der Waals surface area contributed by atoms with Gasteiger partial charge < -0.3 is 5.73 Å². The Hall–Kier alpha value is -1.16. The number of benzene rings is 2. The summed E-state index contributed by atoms with van der Waals surface area (Å²) in [5.74, 6) is -0.974. The third-order valence-corrected chi connectivity index (χ3v) is 3.20. The summed E-state index contributed by atoms with van der Waals surface area (Å²) >= 11 is 11.8. The van der Waals surface area contributed by atoms with Crippen LogP contribution in [-0.4, -0.2) is 0 Å². The second kappa shape index (κ2) is 5.87. The molecule has 1 atom stereocenters. The molecule has 0 radical (unpaired) electrons. The van der Waals surface area contributed by atoms with Crippen LogP contribution in [0.4, 0.5) is 8.78 Å². The molecule has 1 unspecified atom stereocenters. The molecule has 19 heavy (non-hydrogen) atoms. The molecular formula is C14H11Cl2F2N. The molecule has 1 nitrogen and oxygen atoms in total. The Balaban J connectivity index is 2.25. The lowest BCUT2D eigenvalue weighted by Gasteiger charge is -2.13. The van der Waals surface area contributed by atoms with Crippen LogP contribution in [0, 0.1) is 11.6 Å². The van der Waals surface area contributed by atoms with Crippen LogP contribution in [0.3, 0.4) is 0 Å². The van der Waals surface area contributed by atoms with E-state index in [0.29, 0.717) is 15.6 Å². The molecule has 100 valence electrons. The van der Waals surface area contributed by atoms with Gasteiger partial charge in [0.05, 0.1) is 0 Å². The van der Waals surface area contributed by atoms with Crippen LogP contribution >= 0.6 is 23.2 Å². The Bertz CT molecular complexity index is 582. The Morgan fingerprint density at radius 3 is 2.26 bits per heavy atom. The average Bonchev–Trinajstić information content (AvgIpc) is 2.32. The third-order valence-electron chi connectivity index (χ3n) is 2.76. The van der Waals surface area contributed by atoms with E-state index in [1.165, 1.54) is 0 Å². The number of hydrogen-bond donors (Lipinski definition) is 1. The first kappa shape index (κ1) is 14.3. The van der Waals surface area contributed by atoms with Crippen molar-refractivity contribution in [2.24, 2.45) is 5.73 Å². The van der Waals surface area contributed by atoms with Crippen molar-refractivity contribution < 1.29 is 8.78 Å². The van der Waals surface area contributed by atoms with Gasteiger partial charge in [0, 0.05) is 16.1 Å². The smallest absolute Gasteiger partial charge is 0.126 e. The molecule has 0 aliphatic carbocycles. The molecule has 2 rings (SSSR count). The first-order chi connectivity index (χ1) is 8.95. The first-order valence-corrected chi connectivity index (χ1v) is 6.37. The fourth-order valence-corrected chi connectivity index (χ4v) is 2.39. The van der Waals surface area contributed by atoms with E-state index in [0.717, 1.165) is 18.2 Å². The third kappa shape index (κ3) is 3.66. The van der Waals surface area contributed by atoms with Gasteiger partial charge in [-0.25, -0.2) is 8.78 Å². The van der Waals surface area contributed by atoms with Crippen LogP contribution < -0.4 is 5.73 Å². The minimum absolute atomic E-state index is 0.167. The molecule has 0 saturated heterocycles. The van der Waals surface area contributed by atoms with Crippen molar-refractivity contribution in [1.29, 1.82) is 0 Å². The topological polar surface area (TPSA) is 26.0 Å². The monoisotopic (exact) mass is 301 g/mol. The van der Waals surface area contributed by atoms with E-state index in [9.17, 15) is 8.78 Å². The SMILES string of the molecule is NC(Cc1cc(F)ccc1F)c1cc(Cl)cc(Cl)c1. The van der Waals surface area contributed by atoms with Crippen molar-refractivity contribution in [3.05, 3.63) is 69.2 Å². The van der Waals surface area contributed by atoms with Crippen LogP contribution in [-0.2, 0) is 6.42 Å². The van der Waals surface area contributed by atoms with E-state index in [1.807, 2.05) is 0 Å². The second-order valence-electron chi connectivity index (χ2n) is 4.25. The number of rotatable bonds is 3. The highest BCUT2D eigenvalue weighted by molar-refractivity contribution is 6.34. The Morgan fingerprint density at radius 1 is 1.00 bits per heavy atom. The van der Waals surface area contributed by atoms with Crippen molar-refractivity contribution in [2.45, 2.75) is 12.5 Å². The van der Waals surface area contributed by atoms with Crippen LogP contribution in [0.15, 0.2) is 36.4 Å². The zero-order chi connectivity index (χ0) is 14.0. The molecule has 2 aromatic rings. The average molecular weight is 302 g/mol. The number of hydrogen-bond acceptors (Lipinski definition) is 1. The van der Waals surface area contributed by atoms with E-state index in [2.05, 4.69) is 0 Å². The summed E-state index contributed by atoms with van der Waals surface area (Å²) in [6.45, 7) is 0. The molecule has 5 heteroatoms. The van der Waals surface area contributed by atoms with Gasteiger partial charge in [0.15, 0.2) is 0 Å². The van der Waals surface area contributed by atoms with Gasteiger partial charge in [0.1, 0.15) is 11.6 Å². The molecule has 0 amide bonds. The highest BCUT2D eigenvalue weighted by atomic mass is 35.5. The van der Waals surface area contributed by atoms with Crippen LogP contribution in [0.25, 0.3) is 0 Å². The highest BCUT2D eigenvalue weighted by Gasteiger charge is 2.12. The fourth-order valence-electron chi connectivity index (χ4n) is 1.84. The van der Waals surface area contributed by atoms with E-state index >= 15 is 0 Å². The predicted octanol–water partition coefficient (Wildman–Crippen LogP) is 4.51. The van der Waals surface area contributed by atoms with Crippen molar-refractivity contribution in [3.63, 3.8) is 0 Å². The summed E-state index contributed by atoms with van der Waals surface area (Å²) < 4.78 is 26.6. The number of halogens is 4. The van der Waals surface area contributed by atoms with E-state index < -0.39 is 17.7 Å². The van der Waals surface area contributed by atoms with Crippen molar-refractivity contribution >= 4 is 23.2 Å². The first-order valence-electron chi connectivity index (χ1n) is 5.61. The summed E-state index contributed by atoms with van der Waals surface area (Å²) in [5.41, 5.74) is 6.88. The summed E-state index contributed by atoms with van der Waals surface area (Å²) in [6.07, 6.45) is 0.167. The normalized spacial score (nSPS) is 12.5. The van der Waals surface area contributed by atoms with Gasteiger partial charge in [-0.3, -0.25) is 0 Å². The molecule has 0 fully saturated rings. The Labute approximate surface area is 119 Å². The highest BCUT2D eigenvalue weighted by Crippen LogP contribution is 2.25. The van der Waals surface area contributed by atoms with Crippen LogP contribution in [0.5, 0.6) is 0 Å². The Morgan fingerprint density at radius 2 is 1.63 bits per heavy atom. The van der Waals surface area contributed by atoms with Gasteiger partial charge in [-0.2, -0.15) is 0 Å². The van der Waals surface area contributed by atoms with E-state index in [1.54, 1.807) is 18.2 Å². The molecule has 0 aliphatic rings. The second-order valence-corrected chi connectivity index (χ2v) is 5.12. The van der Waals surface area contributed by atoms with Gasteiger partial charge in [-0.05, 0) is 53.9 Å². The fraction of sp³-hybridized carbons (Fsp3) is 0.143. The molecule has 0 saturated carbocycles. The van der Waals surface area contributed by atoms with Crippen molar-refractivity contribution in [1.82, 2.24) is 0 Å². The van der Waals surface area contributed by atoms with E-state index in [-0.39, 0.29) is 12.0 Å². The summed E-state index contributed by atoms with van der Waals surface area (Å²) in [5, 5.41) is 0.912. The molecule has 0 aliphatic heterocycles. The molecular weight excluding hydrogens is 291 g/mol. The largest absolute Gasteiger partial charge is 0.324 e. The maximum Gasteiger partial charge on any atom is 0.126 e. The zero-order valence-corrected chi connectivity index (χ0v) is 11.3. The van der Waals surface area contributed by atoms with Crippen LogP contribution in [0.1, 0.15) is 17.2 Å². The minimum Gasteiger partial charge on any atom is -0.324 e. The molecule has 2 aromatic carbocycles. The minimum atomic E-state index is -0.507. The Kier molecular flexibility index (Phi) is 4.40. The lowest BCUT2D eigenvalue weighted by Crippen LogP contribution is -2.14. The van der Waals surface area contributed by atoms with Gasteiger partial charge in [0.2, 0.25) is 0 Å².